The van der Waals surface area contributed by atoms with E-state index in [4.69, 9.17) is 9.47 Å². The van der Waals surface area contributed by atoms with Gasteiger partial charge >= 0.3 is 0 Å². The summed E-state index contributed by atoms with van der Waals surface area (Å²) in [6.07, 6.45) is 1.41. The second-order valence-corrected chi connectivity index (χ2v) is 5.75. The molecule has 1 amide bonds. The van der Waals surface area contributed by atoms with Gasteiger partial charge in [0.2, 0.25) is 0 Å². The fraction of sp³-hybridized carbons (Fsp3) is 0.238. The summed E-state index contributed by atoms with van der Waals surface area (Å²) in [7, 11) is 1.61. The molecule has 27 heavy (non-hydrogen) atoms. The summed E-state index contributed by atoms with van der Waals surface area (Å²) in [6, 6.07) is 18.6. The van der Waals surface area contributed by atoms with Crippen LogP contribution >= 0.6 is 0 Å². The highest BCUT2D eigenvalue weighted by Gasteiger charge is 2.13. The third kappa shape index (κ3) is 6.40. The summed E-state index contributed by atoms with van der Waals surface area (Å²) in [5.74, 6) is 1.06. The zero-order valence-corrected chi connectivity index (χ0v) is 15.4. The standard InChI is InChI=1S/C21H23N3O3/c1-16(17-6-4-3-5-7-17)24-21(25)18(14-22)15-23-12-13-27-20-10-8-19(26-2)9-11-20/h3-11,15-16,23H,12-13H2,1-2H3,(H,24,25)/b18-15-. The predicted octanol–water partition coefficient (Wildman–Crippen LogP) is 2.95. The zero-order valence-electron chi connectivity index (χ0n) is 15.4. The Labute approximate surface area is 159 Å². The van der Waals surface area contributed by atoms with Crippen LogP contribution in [-0.4, -0.2) is 26.2 Å². The van der Waals surface area contributed by atoms with Gasteiger partial charge in [-0.25, -0.2) is 0 Å². The minimum Gasteiger partial charge on any atom is -0.497 e. The fourth-order valence-electron chi connectivity index (χ4n) is 2.32. The van der Waals surface area contributed by atoms with Crippen LogP contribution < -0.4 is 20.1 Å². The number of ether oxygens (including phenoxy) is 2. The van der Waals surface area contributed by atoms with Crippen molar-refractivity contribution in [3.63, 3.8) is 0 Å². The van der Waals surface area contributed by atoms with Crippen LogP contribution in [0.1, 0.15) is 18.5 Å². The minimum absolute atomic E-state index is 0.0160. The van der Waals surface area contributed by atoms with Crippen molar-refractivity contribution < 1.29 is 14.3 Å². The summed E-state index contributed by atoms with van der Waals surface area (Å²) in [5.41, 5.74) is 0.992. The second kappa shape index (κ2) is 10.5. The number of benzene rings is 2. The lowest BCUT2D eigenvalue weighted by Crippen LogP contribution is -2.28. The lowest BCUT2D eigenvalue weighted by atomic mass is 10.1. The number of hydrogen-bond acceptors (Lipinski definition) is 5. The number of carbonyl (C=O) groups is 1. The van der Waals surface area contributed by atoms with E-state index >= 15 is 0 Å². The normalized spacial score (nSPS) is 11.8. The molecule has 2 N–H and O–H groups in total. The fourth-order valence-corrected chi connectivity index (χ4v) is 2.32. The average molecular weight is 365 g/mol. The van der Waals surface area contributed by atoms with Crippen LogP contribution in [0.5, 0.6) is 11.5 Å². The minimum atomic E-state index is -0.419. The van der Waals surface area contributed by atoms with Crippen LogP contribution in [0.4, 0.5) is 0 Å². The van der Waals surface area contributed by atoms with Crippen molar-refractivity contribution in [2.24, 2.45) is 0 Å². The smallest absolute Gasteiger partial charge is 0.263 e. The van der Waals surface area contributed by atoms with E-state index in [0.717, 1.165) is 17.1 Å². The van der Waals surface area contributed by atoms with Crippen molar-refractivity contribution in [2.75, 3.05) is 20.3 Å². The van der Waals surface area contributed by atoms with E-state index < -0.39 is 5.91 Å². The molecule has 0 saturated carbocycles. The summed E-state index contributed by atoms with van der Waals surface area (Å²) >= 11 is 0. The van der Waals surface area contributed by atoms with Gasteiger partial charge in [-0.15, -0.1) is 0 Å². The van der Waals surface area contributed by atoms with Crippen molar-refractivity contribution in [3.05, 3.63) is 71.9 Å². The van der Waals surface area contributed by atoms with Gasteiger partial charge in [0.25, 0.3) is 5.91 Å². The molecule has 0 heterocycles. The molecule has 2 aromatic rings. The lowest BCUT2D eigenvalue weighted by molar-refractivity contribution is -0.117. The van der Waals surface area contributed by atoms with E-state index in [0.29, 0.717) is 13.2 Å². The monoisotopic (exact) mass is 365 g/mol. The maximum absolute atomic E-state index is 12.2. The maximum Gasteiger partial charge on any atom is 0.263 e. The molecular weight excluding hydrogens is 342 g/mol. The molecule has 1 atom stereocenters. The Morgan fingerprint density at radius 3 is 2.44 bits per heavy atom. The number of methoxy groups -OCH3 is 1. The molecule has 0 saturated heterocycles. The topological polar surface area (TPSA) is 83.4 Å². The van der Waals surface area contributed by atoms with Crippen LogP contribution in [0, 0.1) is 11.3 Å². The molecule has 0 aromatic heterocycles. The van der Waals surface area contributed by atoms with Gasteiger partial charge in [-0.05, 0) is 36.8 Å². The molecule has 0 fully saturated rings. The Morgan fingerprint density at radius 2 is 1.81 bits per heavy atom. The van der Waals surface area contributed by atoms with Crippen molar-refractivity contribution in [1.29, 1.82) is 5.26 Å². The molecule has 140 valence electrons. The number of hydrogen-bond donors (Lipinski definition) is 2. The number of carbonyl (C=O) groups excluding carboxylic acids is 1. The Morgan fingerprint density at radius 1 is 1.15 bits per heavy atom. The molecule has 1 unspecified atom stereocenters. The van der Waals surface area contributed by atoms with Crippen LogP contribution in [0.3, 0.4) is 0 Å². The van der Waals surface area contributed by atoms with Gasteiger partial charge in [0.1, 0.15) is 29.7 Å². The molecule has 0 radical (unpaired) electrons. The van der Waals surface area contributed by atoms with Crippen molar-refractivity contribution >= 4 is 5.91 Å². The summed E-state index contributed by atoms with van der Waals surface area (Å²) in [4.78, 5) is 12.2. The SMILES string of the molecule is COc1ccc(OCCN/C=C(/C#N)C(=O)NC(C)c2ccccc2)cc1. The van der Waals surface area contributed by atoms with Crippen molar-refractivity contribution in [2.45, 2.75) is 13.0 Å². The van der Waals surface area contributed by atoms with Gasteiger partial charge in [0, 0.05) is 12.7 Å². The Hall–Kier alpha value is -3.46. The Balaban J connectivity index is 1.77. The quantitative estimate of drug-likeness (QED) is 0.405. The van der Waals surface area contributed by atoms with E-state index in [9.17, 15) is 10.1 Å². The molecule has 0 aliphatic heterocycles. The van der Waals surface area contributed by atoms with E-state index in [-0.39, 0.29) is 11.6 Å². The first-order valence-corrected chi connectivity index (χ1v) is 8.60. The number of nitriles is 1. The van der Waals surface area contributed by atoms with Gasteiger partial charge in [-0.3, -0.25) is 4.79 Å². The largest absolute Gasteiger partial charge is 0.497 e. The lowest BCUT2D eigenvalue weighted by Gasteiger charge is -2.14. The van der Waals surface area contributed by atoms with E-state index in [1.54, 1.807) is 7.11 Å². The molecule has 0 aliphatic carbocycles. The van der Waals surface area contributed by atoms with Gasteiger partial charge in [-0.1, -0.05) is 30.3 Å². The van der Waals surface area contributed by atoms with Gasteiger partial charge in [0.05, 0.1) is 13.2 Å². The summed E-state index contributed by atoms with van der Waals surface area (Å²) in [6.45, 7) is 2.72. The Bertz CT molecular complexity index is 796. The number of amides is 1. The Kier molecular flexibility index (Phi) is 7.73. The molecular formula is C21H23N3O3. The summed E-state index contributed by atoms with van der Waals surface area (Å²) in [5, 5.41) is 14.9. The summed E-state index contributed by atoms with van der Waals surface area (Å²) < 4.78 is 10.7. The molecule has 0 bridgehead atoms. The molecule has 6 heteroatoms. The number of nitrogens with zero attached hydrogens (tertiary/aromatic N) is 1. The maximum atomic E-state index is 12.2. The van der Waals surface area contributed by atoms with Gasteiger partial charge in [0.15, 0.2) is 0 Å². The molecule has 0 spiro atoms. The van der Waals surface area contributed by atoms with Gasteiger partial charge < -0.3 is 20.1 Å². The van der Waals surface area contributed by atoms with E-state index in [1.165, 1.54) is 6.20 Å². The zero-order chi connectivity index (χ0) is 19.5. The van der Waals surface area contributed by atoms with Gasteiger partial charge in [-0.2, -0.15) is 5.26 Å². The van der Waals surface area contributed by atoms with Crippen LogP contribution in [0.2, 0.25) is 0 Å². The van der Waals surface area contributed by atoms with E-state index in [1.807, 2.05) is 67.6 Å². The van der Waals surface area contributed by atoms with Crippen molar-refractivity contribution in [3.8, 4) is 17.6 Å². The average Bonchev–Trinajstić information content (AvgIpc) is 2.71. The van der Waals surface area contributed by atoms with Crippen LogP contribution in [0.25, 0.3) is 0 Å². The highest BCUT2D eigenvalue weighted by atomic mass is 16.5. The third-order valence-electron chi connectivity index (χ3n) is 3.83. The number of rotatable bonds is 9. The molecule has 2 rings (SSSR count). The third-order valence-corrected chi connectivity index (χ3v) is 3.83. The van der Waals surface area contributed by atoms with Crippen LogP contribution in [-0.2, 0) is 4.79 Å². The first-order valence-electron chi connectivity index (χ1n) is 8.60. The molecule has 0 aliphatic rings. The first kappa shape index (κ1) is 19.9. The second-order valence-electron chi connectivity index (χ2n) is 5.75. The first-order chi connectivity index (χ1) is 13.1. The molecule has 6 nitrogen and oxygen atoms in total. The van der Waals surface area contributed by atoms with Crippen molar-refractivity contribution in [1.82, 2.24) is 10.6 Å². The number of nitrogens with one attached hydrogen (secondary N) is 2. The van der Waals surface area contributed by atoms with Crippen LogP contribution in [0.15, 0.2) is 66.4 Å². The highest BCUT2D eigenvalue weighted by Crippen LogP contribution is 2.16. The highest BCUT2D eigenvalue weighted by molar-refractivity contribution is 5.97. The van der Waals surface area contributed by atoms with E-state index in [2.05, 4.69) is 10.6 Å². The predicted molar refractivity (Wildman–Crippen MR) is 103 cm³/mol. The molecule has 2 aromatic carbocycles.